The molecule has 0 amide bonds. The molecule has 0 aliphatic rings. The highest BCUT2D eigenvalue weighted by molar-refractivity contribution is 9.10. The van der Waals surface area contributed by atoms with Gasteiger partial charge in [0.05, 0.1) is 4.60 Å². The minimum Gasteiger partial charge on any atom is -0.339 e. The first kappa shape index (κ1) is 12.6. The standard InChI is InChI=1S/C6H3BrClF2NO3S/c7-3-1-2(12)4(5(9)10)6(11-3)15(8,13)14/h1,5H,(H,11,12). The lowest BCUT2D eigenvalue weighted by molar-refractivity contribution is 0.145. The van der Waals surface area contributed by atoms with E-state index >= 15 is 0 Å². The summed E-state index contributed by atoms with van der Waals surface area (Å²) in [6.07, 6.45) is -3.22. The number of nitrogens with one attached hydrogen (secondary N) is 1. The summed E-state index contributed by atoms with van der Waals surface area (Å²) in [7, 11) is 0.483. The van der Waals surface area contributed by atoms with Gasteiger partial charge in [-0.3, -0.25) is 4.79 Å². The molecule has 0 saturated carbocycles. The van der Waals surface area contributed by atoms with Crippen LogP contribution < -0.4 is 5.43 Å². The first-order valence-electron chi connectivity index (χ1n) is 3.39. The van der Waals surface area contributed by atoms with Crippen LogP contribution in [0.4, 0.5) is 8.78 Å². The quantitative estimate of drug-likeness (QED) is 0.669. The minimum absolute atomic E-state index is 0.0453. The maximum absolute atomic E-state index is 12.4. The topological polar surface area (TPSA) is 67.0 Å². The van der Waals surface area contributed by atoms with E-state index in [0.29, 0.717) is 0 Å². The Labute approximate surface area is 95.8 Å². The van der Waals surface area contributed by atoms with E-state index in [1.807, 2.05) is 0 Å². The molecule has 1 heterocycles. The summed E-state index contributed by atoms with van der Waals surface area (Å²) in [5.74, 6) is 0. The Kier molecular flexibility index (Phi) is 3.51. The average molecular weight is 323 g/mol. The summed E-state index contributed by atoms with van der Waals surface area (Å²) >= 11 is 2.77. The van der Waals surface area contributed by atoms with Gasteiger partial charge in [0.15, 0.2) is 10.5 Å². The highest BCUT2D eigenvalue weighted by Crippen LogP contribution is 2.25. The number of aromatic nitrogens is 1. The molecular formula is C6H3BrClF2NO3S. The Hall–Kier alpha value is -0.470. The van der Waals surface area contributed by atoms with Crippen LogP contribution in [0, 0.1) is 0 Å². The van der Waals surface area contributed by atoms with Crippen LogP contribution in [0.25, 0.3) is 0 Å². The van der Waals surface area contributed by atoms with Crippen LogP contribution in [0.1, 0.15) is 12.0 Å². The lowest BCUT2D eigenvalue weighted by Gasteiger charge is -2.05. The van der Waals surface area contributed by atoms with Gasteiger partial charge in [0.25, 0.3) is 15.5 Å². The molecule has 4 nitrogen and oxygen atoms in total. The minimum atomic E-state index is -4.42. The van der Waals surface area contributed by atoms with Crippen molar-refractivity contribution in [3.05, 3.63) is 26.5 Å². The van der Waals surface area contributed by atoms with Crippen LogP contribution in [0.15, 0.2) is 20.5 Å². The number of alkyl halides is 2. The molecule has 0 atom stereocenters. The SMILES string of the molecule is O=c1cc(Br)[nH]c(S(=O)(=O)Cl)c1C(F)F. The number of pyridine rings is 1. The van der Waals surface area contributed by atoms with E-state index < -0.39 is 31.5 Å². The number of hydrogen-bond acceptors (Lipinski definition) is 3. The lowest BCUT2D eigenvalue weighted by atomic mass is 10.3. The van der Waals surface area contributed by atoms with Crippen molar-refractivity contribution in [2.45, 2.75) is 11.5 Å². The summed E-state index contributed by atoms with van der Waals surface area (Å²) in [4.78, 5) is 13.2. The molecule has 0 bridgehead atoms. The van der Waals surface area contributed by atoms with E-state index in [1.165, 1.54) is 0 Å². The molecule has 0 unspecified atom stereocenters. The van der Waals surface area contributed by atoms with Crippen LogP contribution in [0.5, 0.6) is 0 Å². The van der Waals surface area contributed by atoms with Gasteiger partial charge in [0.1, 0.15) is 5.56 Å². The molecule has 0 radical (unpaired) electrons. The largest absolute Gasteiger partial charge is 0.339 e. The molecule has 0 aromatic carbocycles. The highest BCUT2D eigenvalue weighted by Gasteiger charge is 2.26. The fourth-order valence-corrected chi connectivity index (χ4v) is 2.50. The summed E-state index contributed by atoms with van der Waals surface area (Å²) in [5, 5.41) is -0.987. The number of hydrogen-bond donors (Lipinski definition) is 1. The number of aromatic amines is 1. The van der Waals surface area contributed by atoms with Gasteiger partial charge in [-0.1, -0.05) is 0 Å². The van der Waals surface area contributed by atoms with Crippen LogP contribution >= 0.6 is 26.6 Å². The molecule has 84 valence electrons. The van der Waals surface area contributed by atoms with Gasteiger partial charge in [0.2, 0.25) is 0 Å². The molecule has 0 aliphatic carbocycles. The van der Waals surface area contributed by atoms with Gasteiger partial charge in [-0.15, -0.1) is 0 Å². The second-order valence-electron chi connectivity index (χ2n) is 2.46. The molecule has 15 heavy (non-hydrogen) atoms. The van der Waals surface area contributed by atoms with Crippen LogP contribution in [0.2, 0.25) is 0 Å². The van der Waals surface area contributed by atoms with Crippen LogP contribution in [-0.4, -0.2) is 13.4 Å². The predicted molar refractivity (Wildman–Crippen MR) is 52.8 cm³/mol. The van der Waals surface area contributed by atoms with Crippen molar-refractivity contribution in [1.82, 2.24) is 4.98 Å². The molecule has 1 N–H and O–H groups in total. The third kappa shape index (κ3) is 2.76. The van der Waals surface area contributed by atoms with E-state index in [9.17, 15) is 22.0 Å². The maximum atomic E-state index is 12.4. The zero-order chi connectivity index (χ0) is 11.8. The molecule has 1 aromatic heterocycles. The zero-order valence-electron chi connectivity index (χ0n) is 6.80. The van der Waals surface area contributed by atoms with Gasteiger partial charge in [-0.2, -0.15) is 0 Å². The normalized spacial score (nSPS) is 12.1. The Morgan fingerprint density at radius 1 is 1.47 bits per heavy atom. The fraction of sp³-hybridized carbons (Fsp3) is 0.167. The third-order valence-electron chi connectivity index (χ3n) is 1.46. The van der Waals surface area contributed by atoms with Crippen molar-refractivity contribution in [2.75, 3.05) is 0 Å². The van der Waals surface area contributed by atoms with Crippen molar-refractivity contribution >= 4 is 35.7 Å². The lowest BCUT2D eigenvalue weighted by Crippen LogP contribution is -2.15. The molecule has 0 aliphatic heterocycles. The van der Waals surface area contributed by atoms with Crippen molar-refractivity contribution in [1.29, 1.82) is 0 Å². The third-order valence-corrected chi connectivity index (χ3v) is 3.16. The smallest absolute Gasteiger partial charge is 0.277 e. The summed E-state index contributed by atoms with van der Waals surface area (Å²) in [6.45, 7) is 0. The monoisotopic (exact) mass is 321 g/mol. The Morgan fingerprint density at radius 3 is 2.40 bits per heavy atom. The summed E-state index contributed by atoms with van der Waals surface area (Å²) < 4.78 is 46.5. The van der Waals surface area contributed by atoms with Gasteiger partial charge >= 0.3 is 0 Å². The average Bonchev–Trinajstić information content (AvgIpc) is 1.99. The van der Waals surface area contributed by atoms with Crippen molar-refractivity contribution < 1.29 is 17.2 Å². The van der Waals surface area contributed by atoms with Crippen molar-refractivity contribution in [3.63, 3.8) is 0 Å². The van der Waals surface area contributed by atoms with Crippen LogP contribution in [-0.2, 0) is 9.05 Å². The fourth-order valence-electron chi connectivity index (χ4n) is 0.916. The Bertz CT molecular complexity index is 542. The molecule has 1 rings (SSSR count). The summed E-state index contributed by atoms with van der Waals surface area (Å²) in [6, 6.07) is 0.799. The molecule has 1 aromatic rings. The Balaban J connectivity index is 3.70. The summed E-state index contributed by atoms with van der Waals surface area (Å²) in [5.41, 5.74) is -2.26. The first-order valence-corrected chi connectivity index (χ1v) is 6.49. The number of halogens is 4. The van der Waals surface area contributed by atoms with Gasteiger partial charge in [-0.25, -0.2) is 17.2 Å². The zero-order valence-corrected chi connectivity index (χ0v) is 9.96. The first-order chi connectivity index (χ1) is 6.73. The van der Waals surface area contributed by atoms with E-state index in [4.69, 9.17) is 10.7 Å². The Morgan fingerprint density at radius 2 is 2.00 bits per heavy atom. The van der Waals surface area contributed by atoms with Crippen molar-refractivity contribution in [3.8, 4) is 0 Å². The van der Waals surface area contributed by atoms with Crippen LogP contribution in [0.3, 0.4) is 0 Å². The van der Waals surface area contributed by atoms with E-state index in [-0.39, 0.29) is 4.60 Å². The van der Waals surface area contributed by atoms with E-state index in [0.717, 1.165) is 6.07 Å². The van der Waals surface area contributed by atoms with Gasteiger partial charge in [0, 0.05) is 16.7 Å². The van der Waals surface area contributed by atoms with Crippen molar-refractivity contribution in [2.24, 2.45) is 0 Å². The predicted octanol–water partition coefficient (Wildman–Crippen LogP) is 2.00. The number of H-pyrrole nitrogens is 1. The van der Waals surface area contributed by atoms with Gasteiger partial charge < -0.3 is 4.98 Å². The highest BCUT2D eigenvalue weighted by atomic mass is 79.9. The molecule has 0 fully saturated rings. The molecule has 0 spiro atoms. The second-order valence-corrected chi connectivity index (χ2v) is 5.82. The maximum Gasteiger partial charge on any atom is 0.277 e. The second kappa shape index (κ2) is 4.18. The van der Waals surface area contributed by atoms with E-state index in [1.54, 1.807) is 0 Å². The molecule has 0 saturated heterocycles. The van der Waals surface area contributed by atoms with E-state index in [2.05, 4.69) is 20.9 Å². The molecule has 9 heteroatoms. The van der Waals surface area contributed by atoms with Gasteiger partial charge in [-0.05, 0) is 15.9 Å². The number of rotatable bonds is 2. The molecular weight excluding hydrogens is 319 g/mol.